The summed E-state index contributed by atoms with van der Waals surface area (Å²) in [5, 5.41) is 21.4. The number of nitrogens with two attached hydrogens (primary N) is 1. The molecule has 0 bridgehead atoms. The van der Waals surface area contributed by atoms with Crippen LogP contribution in [0.15, 0.2) is 65.3 Å². The predicted octanol–water partition coefficient (Wildman–Crippen LogP) is 5.09. The Labute approximate surface area is 173 Å². The summed E-state index contributed by atoms with van der Waals surface area (Å²) in [6.07, 6.45) is 0. The first-order valence-corrected chi connectivity index (χ1v) is 9.29. The van der Waals surface area contributed by atoms with E-state index in [1.54, 1.807) is 12.1 Å². The molecule has 0 saturated heterocycles. The van der Waals surface area contributed by atoms with E-state index in [1.807, 2.05) is 36.4 Å². The van der Waals surface area contributed by atoms with Gasteiger partial charge in [0.05, 0.1) is 21.5 Å². The Hall–Kier alpha value is -3.83. The van der Waals surface area contributed by atoms with Gasteiger partial charge in [-0.25, -0.2) is 9.97 Å². The van der Waals surface area contributed by atoms with E-state index in [-0.39, 0.29) is 17.1 Å². The number of aromatic nitrogens is 2. The van der Waals surface area contributed by atoms with Gasteiger partial charge >= 0.3 is 0 Å². The van der Waals surface area contributed by atoms with Crippen molar-refractivity contribution < 1.29 is 4.92 Å². The lowest BCUT2D eigenvalue weighted by atomic mass is 9.97. The van der Waals surface area contributed by atoms with Crippen molar-refractivity contribution in [1.29, 1.82) is 5.26 Å². The lowest BCUT2D eigenvalue weighted by Gasteiger charge is -2.13. The molecule has 0 aliphatic rings. The van der Waals surface area contributed by atoms with Crippen molar-refractivity contribution in [3.05, 3.63) is 80.9 Å². The Bertz CT molecular complexity index is 1320. The quantitative estimate of drug-likeness (QED) is 0.266. The van der Waals surface area contributed by atoms with Crippen LogP contribution in [0.4, 0.5) is 11.5 Å². The normalized spacial score (nSPS) is 10.6. The third-order valence-electron chi connectivity index (χ3n) is 4.49. The first-order chi connectivity index (χ1) is 14.0. The van der Waals surface area contributed by atoms with Gasteiger partial charge in [0.25, 0.3) is 5.69 Å². The van der Waals surface area contributed by atoms with Crippen LogP contribution in [0.5, 0.6) is 0 Å². The van der Waals surface area contributed by atoms with Gasteiger partial charge in [-0.2, -0.15) is 5.26 Å². The number of non-ortho nitro benzene ring substituents is 1. The first-order valence-electron chi connectivity index (χ1n) is 8.49. The van der Waals surface area contributed by atoms with E-state index in [1.165, 1.54) is 12.1 Å². The van der Waals surface area contributed by atoms with Crippen LogP contribution in [0.25, 0.3) is 33.3 Å². The number of anilines is 1. The van der Waals surface area contributed by atoms with Crippen molar-refractivity contribution in [2.24, 2.45) is 0 Å². The molecule has 140 valence electrons. The van der Waals surface area contributed by atoms with Crippen LogP contribution < -0.4 is 5.73 Å². The Morgan fingerprint density at radius 1 is 1.03 bits per heavy atom. The summed E-state index contributed by atoms with van der Waals surface area (Å²) < 4.78 is 0.299. The van der Waals surface area contributed by atoms with E-state index in [2.05, 4.69) is 32.0 Å². The maximum absolute atomic E-state index is 11.2. The molecule has 0 saturated carbocycles. The van der Waals surface area contributed by atoms with Gasteiger partial charge in [0.15, 0.2) is 0 Å². The topological polar surface area (TPSA) is 119 Å². The Morgan fingerprint density at radius 3 is 2.45 bits per heavy atom. The number of hydrogen-bond donors (Lipinski definition) is 1. The molecule has 4 rings (SSSR count). The second-order valence-corrected chi connectivity index (χ2v) is 6.98. The van der Waals surface area contributed by atoms with Crippen molar-refractivity contribution in [3.8, 4) is 28.5 Å². The van der Waals surface area contributed by atoms with Gasteiger partial charge < -0.3 is 5.73 Å². The Balaban J connectivity index is 2.12. The summed E-state index contributed by atoms with van der Waals surface area (Å²) in [4.78, 5) is 19.6. The van der Waals surface area contributed by atoms with E-state index in [0.29, 0.717) is 26.8 Å². The van der Waals surface area contributed by atoms with Crippen LogP contribution in [-0.4, -0.2) is 14.9 Å². The van der Waals surface area contributed by atoms with Crippen LogP contribution in [0.1, 0.15) is 5.56 Å². The molecule has 2 aromatic heterocycles. The zero-order valence-corrected chi connectivity index (χ0v) is 16.4. The third-order valence-corrected chi connectivity index (χ3v) is 5.06. The lowest BCUT2D eigenvalue weighted by Crippen LogP contribution is -2.01. The number of halogens is 1. The number of hydrogen-bond acceptors (Lipinski definition) is 6. The highest BCUT2D eigenvalue weighted by molar-refractivity contribution is 9.10. The summed E-state index contributed by atoms with van der Waals surface area (Å²) in [5.41, 5.74) is 9.45. The van der Waals surface area contributed by atoms with Crippen molar-refractivity contribution in [2.45, 2.75) is 0 Å². The fourth-order valence-corrected chi connectivity index (χ4v) is 3.64. The number of nitro groups is 1. The Morgan fingerprint density at radius 2 is 1.76 bits per heavy atom. The molecule has 0 unspecified atom stereocenters. The molecule has 8 heteroatoms. The minimum absolute atomic E-state index is 0.0402. The van der Waals surface area contributed by atoms with Crippen LogP contribution in [0.3, 0.4) is 0 Å². The molecule has 0 atom stereocenters. The fourth-order valence-electron chi connectivity index (χ4n) is 3.17. The zero-order chi connectivity index (χ0) is 20.5. The third kappa shape index (κ3) is 3.28. The van der Waals surface area contributed by atoms with E-state index < -0.39 is 4.92 Å². The van der Waals surface area contributed by atoms with Crippen molar-refractivity contribution >= 4 is 38.3 Å². The molecule has 0 fully saturated rings. The first kappa shape index (κ1) is 18.5. The minimum Gasteiger partial charge on any atom is -0.383 e. The van der Waals surface area contributed by atoms with E-state index in [4.69, 9.17) is 5.73 Å². The van der Waals surface area contributed by atoms with Gasteiger partial charge in [0, 0.05) is 17.7 Å². The summed E-state index contributed by atoms with van der Waals surface area (Å²) in [7, 11) is 0. The average Bonchev–Trinajstić information content (AvgIpc) is 2.74. The number of nitriles is 1. The van der Waals surface area contributed by atoms with E-state index in [0.717, 1.165) is 11.1 Å². The maximum atomic E-state index is 11.2. The van der Waals surface area contributed by atoms with Gasteiger partial charge in [-0.3, -0.25) is 10.1 Å². The second kappa shape index (κ2) is 7.30. The molecule has 0 spiro atoms. The van der Waals surface area contributed by atoms with Crippen molar-refractivity contribution in [2.75, 3.05) is 5.73 Å². The Kier molecular flexibility index (Phi) is 4.66. The van der Waals surface area contributed by atoms with Gasteiger partial charge in [0.2, 0.25) is 0 Å². The van der Waals surface area contributed by atoms with Gasteiger partial charge in [0.1, 0.15) is 22.1 Å². The maximum Gasteiger partial charge on any atom is 0.270 e. The van der Waals surface area contributed by atoms with Gasteiger partial charge in [-0.05, 0) is 33.1 Å². The SMILES string of the molecule is N#Cc1c(Br)nc(N)c2c(-c3ccccc3)cc(-c3cccc([N+](=O)[O-])c3)nc12. The summed E-state index contributed by atoms with van der Waals surface area (Å²) in [6.45, 7) is 0. The summed E-state index contributed by atoms with van der Waals surface area (Å²) >= 11 is 3.28. The standard InChI is InChI=1S/C21H12BrN5O2/c22-20-16(11-23)19-18(21(24)26-20)15(12-5-2-1-3-6-12)10-17(25-19)13-7-4-8-14(9-13)27(28)29/h1-10H,(H2,24,26). The predicted molar refractivity (Wildman–Crippen MR) is 114 cm³/mol. The number of nitrogens with zero attached hydrogens (tertiary/aromatic N) is 4. The largest absolute Gasteiger partial charge is 0.383 e. The molecule has 0 radical (unpaired) electrons. The van der Waals surface area contributed by atoms with Crippen LogP contribution in [0.2, 0.25) is 0 Å². The molecule has 0 amide bonds. The summed E-state index contributed by atoms with van der Waals surface area (Å²) in [6, 6.07) is 19.6. The average molecular weight is 446 g/mol. The summed E-state index contributed by atoms with van der Waals surface area (Å²) in [5.74, 6) is 0.239. The molecule has 4 aromatic rings. The van der Waals surface area contributed by atoms with E-state index >= 15 is 0 Å². The highest BCUT2D eigenvalue weighted by atomic mass is 79.9. The monoisotopic (exact) mass is 445 g/mol. The van der Waals surface area contributed by atoms with Crippen LogP contribution in [0, 0.1) is 21.4 Å². The molecule has 29 heavy (non-hydrogen) atoms. The molecule has 2 aromatic carbocycles. The number of benzene rings is 2. The smallest absolute Gasteiger partial charge is 0.270 e. The van der Waals surface area contributed by atoms with Crippen molar-refractivity contribution in [1.82, 2.24) is 9.97 Å². The molecular formula is C21H12BrN5O2. The van der Waals surface area contributed by atoms with E-state index in [9.17, 15) is 15.4 Å². The number of nitro benzene ring substituents is 1. The molecule has 2 heterocycles. The highest BCUT2D eigenvalue weighted by Gasteiger charge is 2.19. The van der Waals surface area contributed by atoms with Gasteiger partial charge in [-0.1, -0.05) is 42.5 Å². The zero-order valence-electron chi connectivity index (χ0n) is 14.8. The minimum atomic E-state index is -0.456. The number of fused-ring (bicyclic) bond motifs is 1. The van der Waals surface area contributed by atoms with Crippen LogP contribution >= 0.6 is 15.9 Å². The lowest BCUT2D eigenvalue weighted by molar-refractivity contribution is -0.384. The molecule has 0 aliphatic heterocycles. The highest BCUT2D eigenvalue weighted by Crippen LogP contribution is 2.38. The van der Waals surface area contributed by atoms with Crippen LogP contribution in [-0.2, 0) is 0 Å². The molecular weight excluding hydrogens is 434 g/mol. The van der Waals surface area contributed by atoms with Crippen molar-refractivity contribution in [3.63, 3.8) is 0 Å². The van der Waals surface area contributed by atoms with Gasteiger partial charge in [-0.15, -0.1) is 0 Å². The number of rotatable bonds is 3. The molecule has 7 nitrogen and oxygen atoms in total. The number of nitrogen functional groups attached to an aromatic ring is 1. The second-order valence-electron chi connectivity index (χ2n) is 6.23. The number of pyridine rings is 2. The molecule has 0 aliphatic carbocycles. The molecule has 2 N–H and O–H groups in total. The fraction of sp³-hybridized carbons (Fsp3) is 0.